The Labute approximate surface area is 85.7 Å². The maximum absolute atomic E-state index is 11.1. The Morgan fingerprint density at radius 1 is 1.36 bits per heavy atom. The van der Waals surface area contributed by atoms with E-state index in [9.17, 15) is 4.79 Å². The molecule has 0 fully saturated rings. The second-order valence-corrected chi connectivity index (χ2v) is 3.14. The maximum atomic E-state index is 11.1. The van der Waals surface area contributed by atoms with Crippen molar-refractivity contribution in [3.05, 3.63) is 0 Å². The van der Waals surface area contributed by atoms with Gasteiger partial charge in [-0.2, -0.15) is 5.26 Å². The van der Waals surface area contributed by atoms with Crippen LogP contribution in [-0.4, -0.2) is 25.5 Å². The zero-order valence-corrected chi connectivity index (χ0v) is 8.81. The minimum atomic E-state index is 0.0483. The topological polar surface area (TPSA) is 64.9 Å². The Balaban J connectivity index is 3.11. The van der Waals surface area contributed by atoms with Gasteiger partial charge in [0.05, 0.1) is 12.6 Å². The zero-order chi connectivity index (χ0) is 10.6. The van der Waals surface area contributed by atoms with E-state index in [-0.39, 0.29) is 5.91 Å². The van der Waals surface area contributed by atoms with Gasteiger partial charge in [-0.15, -0.1) is 0 Å². The highest BCUT2D eigenvalue weighted by molar-refractivity contribution is 5.77. The number of nitrogens with zero attached hydrogens (tertiary/aromatic N) is 1. The number of carbonyl (C=O) groups is 1. The summed E-state index contributed by atoms with van der Waals surface area (Å²) in [6.45, 7) is 3.96. The molecule has 0 spiro atoms. The van der Waals surface area contributed by atoms with Crippen molar-refractivity contribution in [2.24, 2.45) is 0 Å². The fourth-order valence-corrected chi connectivity index (χ4v) is 0.983. The summed E-state index contributed by atoms with van der Waals surface area (Å²) >= 11 is 0. The molecule has 0 saturated carbocycles. The molecule has 1 amide bonds. The minimum absolute atomic E-state index is 0.0483. The van der Waals surface area contributed by atoms with Crippen molar-refractivity contribution in [2.45, 2.75) is 32.6 Å². The van der Waals surface area contributed by atoms with E-state index in [0.29, 0.717) is 13.0 Å². The van der Waals surface area contributed by atoms with Crippen LogP contribution in [0.1, 0.15) is 32.6 Å². The van der Waals surface area contributed by atoms with Crippen LogP contribution in [0.15, 0.2) is 0 Å². The molecular weight excluding hydrogens is 178 g/mol. The van der Waals surface area contributed by atoms with Gasteiger partial charge in [0.25, 0.3) is 0 Å². The van der Waals surface area contributed by atoms with Gasteiger partial charge >= 0.3 is 0 Å². The third-order valence-electron chi connectivity index (χ3n) is 1.75. The third-order valence-corrected chi connectivity index (χ3v) is 1.75. The lowest BCUT2D eigenvalue weighted by Crippen LogP contribution is -2.34. The lowest BCUT2D eigenvalue weighted by atomic mass is 10.2. The van der Waals surface area contributed by atoms with Crippen molar-refractivity contribution in [3.63, 3.8) is 0 Å². The number of unbranched alkanes of at least 4 members (excludes halogenated alkanes) is 2. The summed E-state index contributed by atoms with van der Waals surface area (Å²) in [5.74, 6) is 0.0483. The summed E-state index contributed by atoms with van der Waals surface area (Å²) in [6.07, 6.45) is 3.42. The molecule has 0 aromatic heterocycles. The van der Waals surface area contributed by atoms with Crippen LogP contribution in [0.5, 0.6) is 0 Å². The lowest BCUT2D eigenvalue weighted by molar-refractivity contribution is -0.120. The van der Waals surface area contributed by atoms with E-state index in [1.165, 1.54) is 0 Å². The van der Waals surface area contributed by atoms with Crippen molar-refractivity contribution in [1.82, 2.24) is 10.6 Å². The Morgan fingerprint density at radius 3 is 2.79 bits per heavy atom. The van der Waals surface area contributed by atoms with Crippen LogP contribution in [0, 0.1) is 11.3 Å². The Bertz CT molecular complexity index is 186. The van der Waals surface area contributed by atoms with Gasteiger partial charge in [-0.25, -0.2) is 0 Å². The fourth-order valence-electron chi connectivity index (χ4n) is 0.983. The van der Waals surface area contributed by atoms with Crippen molar-refractivity contribution < 1.29 is 4.79 Å². The predicted molar refractivity (Wildman–Crippen MR) is 55.6 cm³/mol. The molecule has 0 aliphatic carbocycles. The molecule has 14 heavy (non-hydrogen) atoms. The van der Waals surface area contributed by atoms with Crippen LogP contribution >= 0.6 is 0 Å². The van der Waals surface area contributed by atoms with E-state index in [1.807, 2.05) is 6.92 Å². The summed E-state index contributed by atoms with van der Waals surface area (Å²) in [5, 5.41) is 14.1. The zero-order valence-electron chi connectivity index (χ0n) is 8.81. The van der Waals surface area contributed by atoms with Gasteiger partial charge in [-0.1, -0.05) is 6.92 Å². The maximum Gasteiger partial charge on any atom is 0.233 e. The Morgan fingerprint density at radius 2 is 2.14 bits per heavy atom. The number of hydrogen-bond acceptors (Lipinski definition) is 3. The van der Waals surface area contributed by atoms with Gasteiger partial charge in [0.15, 0.2) is 0 Å². The van der Waals surface area contributed by atoms with Crippen molar-refractivity contribution in [2.75, 3.05) is 19.6 Å². The van der Waals surface area contributed by atoms with Crippen LogP contribution in [0.4, 0.5) is 0 Å². The lowest BCUT2D eigenvalue weighted by Gasteiger charge is -2.04. The highest BCUT2D eigenvalue weighted by atomic mass is 16.1. The molecule has 0 aromatic carbocycles. The smallest absolute Gasteiger partial charge is 0.233 e. The van der Waals surface area contributed by atoms with Crippen molar-refractivity contribution >= 4 is 5.91 Å². The van der Waals surface area contributed by atoms with Crippen LogP contribution in [0.2, 0.25) is 0 Å². The second-order valence-electron chi connectivity index (χ2n) is 3.14. The average molecular weight is 197 g/mol. The number of carbonyl (C=O) groups excluding carboxylic acids is 1. The highest BCUT2D eigenvalue weighted by Crippen LogP contribution is 1.90. The van der Waals surface area contributed by atoms with Gasteiger partial charge in [0.2, 0.25) is 5.91 Å². The van der Waals surface area contributed by atoms with E-state index >= 15 is 0 Å². The van der Waals surface area contributed by atoms with Crippen molar-refractivity contribution in [1.29, 1.82) is 5.26 Å². The van der Waals surface area contributed by atoms with Crippen LogP contribution < -0.4 is 10.6 Å². The largest absolute Gasteiger partial charge is 0.355 e. The van der Waals surface area contributed by atoms with Crippen molar-refractivity contribution in [3.8, 4) is 6.07 Å². The molecule has 2 N–H and O–H groups in total. The van der Waals surface area contributed by atoms with Crippen LogP contribution in [0.25, 0.3) is 0 Å². The molecule has 0 saturated heterocycles. The molecule has 0 bridgehead atoms. The molecule has 0 heterocycles. The minimum Gasteiger partial charge on any atom is -0.355 e. The van der Waals surface area contributed by atoms with Gasteiger partial charge in [-0.05, 0) is 25.8 Å². The van der Waals surface area contributed by atoms with E-state index in [1.54, 1.807) is 0 Å². The molecule has 0 atom stereocenters. The first-order valence-corrected chi connectivity index (χ1v) is 5.15. The molecule has 4 heteroatoms. The highest BCUT2D eigenvalue weighted by Gasteiger charge is 1.97. The summed E-state index contributed by atoms with van der Waals surface area (Å²) in [6, 6.07) is 2.09. The number of rotatable bonds is 8. The van der Waals surface area contributed by atoms with Gasteiger partial charge in [0.1, 0.15) is 0 Å². The first kappa shape index (κ1) is 12.9. The predicted octanol–water partition coefficient (Wildman–Crippen LogP) is 0.796. The number of nitriles is 1. The molecule has 0 rings (SSSR count). The van der Waals surface area contributed by atoms with E-state index < -0.39 is 0 Å². The molecule has 0 aromatic rings. The molecule has 0 aliphatic rings. The molecule has 80 valence electrons. The van der Waals surface area contributed by atoms with Gasteiger partial charge in [0, 0.05) is 13.0 Å². The molecule has 0 aliphatic heterocycles. The average Bonchev–Trinajstić information content (AvgIpc) is 2.20. The third kappa shape index (κ3) is 9.01. The Kier molecular flexibility index (Phi) is 9.23. The standard InChI is InChI=1S/C10H19N3O/c1-2-7-13-10(14)9-12-8-5-3-4-6-11/h12H,2-5,7-9H2,1H3,(H,13,14). The van der Waals surface area contributed by atoms with Crippen LogP contribution in [-0.2, 0) is 4.79 Å². The summed E-state index contributed by atoms with van der Waals surface area (Å²) in [7, 11) is 0. The molecule has 0 radical (unpaired) electrons. The second kappa shape index (κ2) is 10.0. The van der Waals surface area contributed by atoms with Crippen LogP contribution in [0.3, 0.4) is 0 Å². The van der Waals surface area contributed by atoms with Gasteiger partial charge in [-0.3, -0.25) is 4.79 Å². The van der Waals surface area contributed by atoms with Gasteiger partial charge < -0.3 is 10.6 Å². The SMILES string of the molecule is CCCNC(=O)CNCCCCC#N. The molecule has 0 unspecified atom stereocenters. The number of amides is 1. The fraction of sp³-hybridized carbons (Fsp3) is 0.800. The first-order valence-electron chi connectivity index (χ1n) is 5.15. The normalized spacial score (nSPS) is 9.43. The number of nitrogens with one attached hydrogen (secondary N) is 2. The number of hydrogen-bond donors (Lipinski definition) is 2. The quantitative estimate of drug-likeness (QED) is 0.566. The van der Waals surface area contributed by atoms with E-state index in [0.717, 1.165) is 32.4 Å². The Hall–Kier alpha value is -1.08. The summed E-state index contributed by atoms with van der Waals surface area (Å²) < 4.78 is 0. The molecule has 4 nitrogen and oxygen atoms in total. The summed E-state index contributed by atoms with van der Waals surface area (Å²) in [4.78, 5) is 11.1. The molecular formula is C10H19N3O. The van der Waals surface area contributed by atoms with E-state index in [4.69, 9.17) is 5.26 Å². The van der Waals surface area contributed by atoms with E-state index in [2.05, 4.69) is 16.7 Å². The summed E-state index contributed by atoms with van der Waals surface area (Å²) in [5.41, 5.74) is 0. The first-order chi connectivity index (χ1) is 6.81. The monoisotopic (exact) mass is 197 g/mol.